The number of methoxy groups -OCH3 is 1. The topological polar surface area (TPSA) is 111 Å². The lowest BCUT2D eigenvalue weighted by molar-refractivity contribution is 0.0816. The SMILES string of the molecule is CCOc1ccc(-c2nc3ccccn3c2C2=CC=NC(Nc3ccc(N4CCC(N5CCN(CCF)CC5)CC4)cc3OC)N2)cc1C(=O)Nc1c(F)cccc1F. The molecule has 15 heteroatoms. The number of alkyl halides is 1. The number of hydrogen-bond acceptors (Lipinski definition) is 10. The second-order valence-corrected chi connectivity index (χ2v) is 14.7. The van der Waals surface area contributed by atoms with Crippen LogP contribution >= 0.6 is 0 Å². The van der Waals surface area contributed by atoms with E-state index in [4.69, 9.17) is 14.5 Å². The van der Waals surface area contributed by atoms with Crippen molar-refractivity contribution in [3.63, 3.8) is 0 Å². The highest BCUT2D eigenvalue weighted by molar-refractivity contribution is 6.07. The minimum atomic E-state index is -0.891. The van der Waals surface area contributed by atoms with E-state index in [-0.39, 0.29) is 24.6 Å². The fraction of sp³-hybridized carbons (Fsp3) is 0.341. The molecular formula is C44H48F3N9O3. The molecular weight excluding hydrogens is 760 g/mol. The van der Waals surface area contributed by atoms with Gasteiger partial charge in [-0.15, -0.1) is 0 Å². The molecule has 0 aliphatic carbocycles. The summed E-state index contributed by atoms with van der Waals surface area (Å²) in [6.45, 7) is 8.05. The summed E-state index contributed by atoms with van der Waals surface area (Å²) in [4.78, 5) is 30.4. The van der Waals surface area contributed by atoms with E-state index in [1.165, 1.54) is 6.07 Å². The molecule has 0 saturated carbocycles. The minimum absolute atomic E-state index is 0.0891. The van der Waals surface area contributed by atoms with E-state index in [1.54, 1.807) is 38.4 Å². The number of carbonyl (C=O) groups excluding carboxylic acids is 1. The van der Waals surface area contributed by atoms with Crippen molar-refractivity contribution in [1.82, 2.24) is 24.5 Å². The van der Waals surface area contributed by atoms with Crippen molar-refractivity contribution in [2.45, 2.75) is 32.1 Å². The van der Waals surface area contributed by atoms with Gasteiger partial charge in [0.2, 0.25) is 0 Å². The Hall–Kier alpha value is -6.06. The maximum absolute atomic E-state index is 14.5. The molecule has 12 nitrogen and oxygen atoms in total. The number of nitrogens with zero attached hydrogens (tertiary/aromatic N) is 6. The Morgan fingerprint density at radius 1 is 0.932 bits per heavy atom. The number of nitrogens with one attached hydrogen (secondary N) is 3. The number of carbonyl (C=O) groups is 1. The third-order valence-electron chi connectivity index (χ3n) is 11.2. The largest absolute Gasteiger partial charge is 0.495 e. The molecule has 2 aromatic heterocycles. The smallest absolute Gasteiger partial charge is 0.259 e. The van der Waals surface area contributed by atoms with Crippen molar-refractivity contribution in [1.29, 1.82) is 0 Å². The summed E-state index contributed by atoms with van der Waals surface area (Å²) in [6.07, 6.45) is 7.06. The number of halogens is 3. The normalized spacial score (nSPS) is 17.7. The van der Waals surface area contributed by atoms with Gasteiger partial charge >= 0.3 is 0 Å². The van der Waals surface area contributed by atoms with E-state index in [9.17, 15) is 18.0 Å². The highest BCUT2D eigenvalue weighted by atomic mass is 19.1. The summed E-state index contributed by atoms with van der Waals surface area (Å²) >= 11 is 0. The third-order valence-corrected chi connectivity index (χ3v) is 11.2. The standard InChI is InChI=1S/C44H48F3N9O3/c1-3-59-37-13-10-29(27-32(37)43(57)52-41-33(46)7-6-8-34(41)47)40-42(56-19-5-4-9-39(56)51-40)36-14-18-48-44(50-36)49-35-12-11-31(28-38(35)58-2)54-20-15-30(16-21-54)55-25-23-53(22-17-45)24-26-55/h4-14,18-19,27-28,30,44,49-50H,3,15-17,20-26H2,1-2H3,(H,52,57). The number of allylic oxidation sites excluding steroid dienone is 1. The molecule has 3 aliphatic heterocycles. The molecule has 1 amide bonds. The van der Waals surface area contributed by atoms with Crippen molar-refractivity contribution >= 4 is 40.5 Å². The molecule has 8 rings (SSSR count). The van der Waals surface area contributed by atoms with Crippen molar-refractivity contribution in [3.05, 3.63) is 108 Å². The zero-order valence-corrected chi connectivity index (χ0v) is 33.1. The van der Waals surface area contributed by atoms with Crippen molar-refractivity contribution < 1.29 is 27.4 Å². The molecule has 59 heavy (non-hydrogen) atoms. The minimum Gasteiger partial charge on any atom is -0.495 e. The number of aliphatic imine (C=N–C) groups is 1. The predicted octanol–water partition coefficient (Wildman–Crippen LogP) is 6.91. The van der Waals surface area contributed by atoms with Gasteiger partial charge in [0.05, 0.1) is 42.1 Å². The highest BCUT2D eigenvalue weighted by Crippen LogP contribution is 2.36. The Balaban J connectivity index is 0.997. The van der Waals surface area contributed by atoms with Gasteiger partial charge in [0.1, 0.15) is 41.1 Å². The van der Waals surface area contributed by atoms with Gasteiger partial charge < -0.3 is 30.3 Å². The molecule has 2 saturated heterocycles. The van der Waals surface area contributed by atoms with Crippen LogP contribution in [-0.2, 0) is 0 Å². The molecule has 308 valence electrons. The van der Waals surface area contributed by atoms with Gasteiger partial charge in [0, 0.05) is 81.6 Å². The number of ether oxygens (including phenoxy) is 2. The number of hydrogen-bond donors (Lipinski definition) is 3. The number of para-hydroxylation sites is 1. The molecule has 5 aromatic rings. The number of rotatable bonds is 13. The summed E-state index contributed by atoms with van der Waals surface area (Å²) in [5, 5.41) is 9.38. The Bertz CT molecular complexity index is 2330. The number of benzene rings is 3. The second-order valence-electron chi connectivity index (χ2n) is 14.7. The summed E-state index contributed by atoms with van der Waals surface area (Å²) in [5.74, 6) is -1.57. The Labute approximate surface area is 341 Å². The first kappa shape index (κ1) is 39.8. The van der Waals surface area contributed by atoms with E-state index in [0.717, 1.165) is 75.6 Å². The summed E-state index contributed by atoms with van der Waals surface area (Å²) in [5.41, 5.74) is 4.63. The van der Waals surface area contributed by atoms with Crippen LogP contribution in [0.15, 0.2) is 90.1 Å². The molecule has 3 aromatic carbocycles. The third kappa shape index (κ3) is 8.57. The molecule has 0 spiro atoms. The van der Waals surface area contributed by atoms with E-state index in [1.807, 2.05) is 40.9 Å². The maximum atomic E-state index is 14.5. The molecule has 3 N–H and O–H groups in total. The molecule has 5 heterocycles. The Morgan fingerprint density at radius 2 is 1.73 bits per heavy atom. The number of amides is 1. The van der Waals surface area contributed by atoms with Crippen LogP contribution in [0.2, 0.25) is 0 Å². The average Bonchev–Trinajstić information content (AvgIpc) is 3.66. The van der Waals surface area contributed by atoms with Gasteiger partial charge in [-0.1, -0.05) is 12.1 Å². The number of pyridine rings is 1. The van der Waals surface area contributed by atoms with Gasteiger partial charge in [0.15, 0.2) is 6.29 Å². The molecule has 0 bridgehead atoms. The molecule has 2 fully saturated rings. The zero-order valence-electron chi connectivity index (χ0n) is 33.1. The lowest BCUT2D eigenvalue weighted by atomic mass is 10.0. The van der Waals surface area contributed by atoms with Gasteiger partial charge in [-0.2, -0.15) is 0 Å². The average molecular weight is 808 g/mol. The van der Waals surface area contributed by atoms with E-state index in [0.29, 0.717) is 46.6 Å². The first-order valence-corrected chi connectivity index (χ1v) is 20.1. The summed E-state index contributed by atoms with van der Waals surface area (Å²) < 4.78 is 55.5. The summed E-state index contributed by atoms with van der Waals surface area (Å²) in [6, 6.07) is 20.9. The first-order chi connectivity index (χ1) is 28.8. The van der Waals surface area contributed by atoms with Crippen LogP contribution < -0.4 is 30.3 Å². The number of piperidine rings is 1. The number of anilines is 3. The lowest BCUT2D eigenvalue weighted by Crippen LogP contribution is -2.53. The van der Waals surface area contributed by atoms with Crippen LogP contribution in [0.1, 0.15) is 35.8 Å². The van der Waals surface area contributed by atoms with E-state index in [2.05, 4.69) is 47.8 Å². The highest BCUT2D eigenvalue weighted by Gasteiger charge is 2.29. The van der Waals surface area contributed by atoms with E-state index < -0.39 is 29.5 Å². The van der Waals surface area contributed by atoms with Crippen LogP contribution in [0.4, 0.5) is 30.2 Å². The van der Waals surface area contributed by atoms with Gasteiger partial charge in [-0.05, 0) is 80.4 Å². The maximum Gasteiger partial charge on any atom is 0.259 e. The fourth-order valence-electron chi connectivity index (χ4n) is 8.15. The van der Waals surface area contributed by atoms with Crippen molar-refractivity contribution in [2.75, 3.05) is 81.7 Å². The van der Waals surface area contributed by atoms with Crippen LogP contribution in [0, 0.1) is 11.6 Å². The quantitative estimate of drug-likeness (QED) is 0.117. The number of aromatic nitrogens is 2. The predicted molar refractivity (Wildman–Crippen MR) is 225 cm³/mol. The van der Waals surface area contributed by atoms with Crippen molar-refractivity contribution in [2.24, 2.45) is 4.99 Å². The van der Waals surface area contributed by atoms with Gasteiger partial charge in [-0.25, -0.2) is 23.1 Å². The Morgan fingerprint density at radius 3 is 2.47 bits per heavy atom. The molecule has 0 radical (unpaired) electrons. The monoisotopic (exact) mass is 807 g/mol. The van der Waals surface area contributed by atoms with E-state index >= 15 is 0 Å². The number of fused-ring (bicyclic) bond motifs is 1. The molecule has 1 unspecified atom stereocenters. The zero-order chi connectivity index (χ0) is 40.9. The lowest BCUT2D eigenvalue weighted by Gasteiger charge is -2.43. The number of piperazine rings is 1. The first-order valence-electron chi connectivity index (χ1n) is 20.1. The van der Waals surface area contributed by atoms with Crippen LogP contribution in [0.3, 0.4) is 0 Å². The molecule has 1 atom stereocenters. The van der Waals surface area contributed by atoms with Crippen LogP contribution in [0.5, 0.6) is 11.5 Å². The van der Waals surface area contributed by atoms with Crippen LogP contribution in [-0.4, -0.2) is 110 Å². The van der Waals surface area contributed by atoms with Gasteiger partial charge in [-0.3, -0.25) is 19.0 Å². The van der Waals surface area contributed by atoms with Crippen molar-refractivity contribution in [3.8, 4) is 22.8 Å². The number of imidazole rings is 1. The van der Waals surface area contributed by atoms with Gasteiger partial charge in [0.25, 0.3) is 5.91 Å². The summed E-state index contributed by atoms with van der Waals surface area (Å²) in [7, 11) is 1.66. The van der Waals surface area contributed by atoms with Crippen LogP contribution in [0.25, 0.3) is 22.6 Å². The second kappa shape index (κ2) is 17.8. The Kier molecular flexibility index (Phi) is 12.0. The molecule has 3 aliphatic rings. The fourth-order valence-corrected chi connectivity index (χ4v) is 8.15.